The van der Waals surface area contributed by atoms with Crippen molar-refractivity contribution in [1.29, 1.82) is 0 Å². The number of nitrogens with two attached hydrogens (primary N) is 1. The van der Waals surface area contributed by atoms with Crippen molar-refractivity contribution >= 4 is 12.0 Å². The molecule has 0 bridgehead atoms. The maximum atomic E-state index is 12.0. The summed E-state index contributed by atoms with van der Waals surface area (Å²) >= 11 is 0. The van der Waals surface area contributed by atoms with E-state index < -0.39 is 5.60 Å². The van der Waals surface area contributed by atoms with Crippen molar-refractivity contribution in [2.45, 2.75) is 57.7 Å². The van der Waals surface area contributed by atoms with Crippen LogP contribution in [0, 0.1) is 0 Å². The van der Waals surface area contributed by atoms with Crippen LogP contribution in [-0.4, -0.2) is 59.1 Å². The van der Waals surface area contributed by atoms with Gasteiger partial charge in [0.1, 0.15) is 5.60 Å². The zero-order valence-electron chi connectivity index (χ0n) is 12.6. The van der Waals surface area contributed by atoms with Gasteiger partial charge >= 0.3 is 6.09 Å². The molecule has 0 aromatic carbocycles. The number of amides is 2. The second-order valence-electron chi connectivity index (χ2n) is 6.63. The monoisotopic (exact) mass is 283 g/mol. The van der Waals surface area contributed by atoms with Gasteiger partial charge in [-0.05, 0) is 40.0 Å². The van der Waals surface area contributed by atoms with Crippen molar-refractivity contribution in [1.82, 2.24) is 9.80 Å². The number of carbonyl (C=O) groups excluding carboxylic acids is 2. The molecule has 2 heterocycles. The molecule has 0 spiro atoms. The highest BCUT2D eigenvalue weighted by Gasteiger charge is 2.36. The summed E-state index contributed by atoms with van der Waals surface area (Å²) in [6.45, 7) is 7.61. The molecule has 2 saturated heterocycles. The first-order valence-corrected chi connectivity index (χ1v) is 7.32. The number of hydrogen-bond donors (Lipinski definition) is 1. The maximum absolute atomic E-state index is 12.0. The summed E-state index contributed by atoms with van der Waals surface area (Å²) in [6, 6.07) is -0.117. The van der Waals surface area contributed by atoms with E-state index in [4.69, 9.17) is 10.5 Å². The van der Waals surface area contributed by atoms with Gasteiger partial charge in [-0.25, -0.2) is 4.79 Å². The molecule has 1 unspecified atom stereocenters. The van der Waals surface area contributed by atoms with Crippen LogP contribution >= 0.6 is 0 Å². The lowest BCUT2D eigenvalue weighted by atomic mass is 10.0. The SMILES string of the molecule is CC(C)(C)OC(=O)N1CCC(N2CCC(N)C2=O)CC1. The lowest BCUT2D eigenvalue weighted by Gasteiger charge is -2.37. The highest BCUT2D eigenvalue weighted by atomic mass is 16.6. The van der Waals surface area contributed by atoms with Gasteiger partial charge in [0.15, 0.2) is 0 Å². The molecule has 0 radical (unpaired) electrons. The molecule has 2 rings (SSSR count). The molecule has 2 aliphatic rings. The van der Waals surface area contributed by atoms with E-state index in [1.54, 1.807) is 4.90 Å². The molecule has 2 fully saturated rings. The summed E-state index contributed by atoms with van der Waals surface area (Å²) < 4.78 is 5.36. The predicted molar refractivity (Wildman–Crippen MR) is 75.1 cm³/mol. The molecule has 0 aromatic heterocycles. The molecule has 114 valence electrons. The van der Waals surface area contributed by atoms with Crippen LogP contribution in [0.25, 0.3) is 0 Å². The van der Waals surface area contributed by atoms with Crippen molar-refractivity contribution in [3.05, 3.63) is 0 Å². The van der Waals surface area contributed by atoms with Crippen LogP contribution in [-0.2, 0) is 9.53 Å². The summed E-state index contributed by atoms with van der Waals surface area (Å²) in [5.74, 6) is 0.0562. The lowest BCUT2D eigenvalue weighted by molar-refractivity contribution is -0.131. The highest BCUT2D eigenvalue weighted by molar-refractivity contribution is 5.84. The Morgan fingerprint density at radius 3 is 2.25 bits per heavy atom. The van der Waals surface area contributed by atoms with Crippen molar-refractivity contribution < 1.29 is 14.3 Å². The number of ether oxygens (including phenoxy) is 1. The minimum Gasteiger partial charge on any atom is -0.444 e. The first kappa shape index (κ1) is 15.1. The Hall–Kier alpha value is -1.30. The smallest absolute Gasteiger partial charge is 0.410 e. The maximum Gasteiger partial charge on any atom is 0.410 e. The molecule has 20 heavy (non-hydrogen) atoms. The van der Waals surface area contributed by atoms with Crippen molar-refractivity contribution in [3.63, 3.8) is 0 Å². The standard InChI is InChI=1S/C14H25N3O3/c1-14(2,3)20-13(19)16-7-4-10(5-8-16)17-9-6-11(15)12(17)18/h10-11H,4-9,15H2,1-3H3. The lowest BCUT2D eigenvalue weighted by Crippen LogP contribution is -2.49. The van der Waals surface area contributed by atoms with Crippen molar-refractivity contribution in [3.8, 4) is 0 Å². The molecule has 2 amide bonds. The van der Waals surface area contributed by atoms with Crippen LogP contribution in [0.1, 0.15) is 40.0 Å². The van der Waals surface area contributed by atoms with Gasteiger partial charge in [0.05, 0.1) is 6.04 Å². The minimum absolute atomic E-state index is 0.0562. The number of nitrogens with zero attached hydrogens (tertiary/aromatic N) is 2. The van der Waals surface area contributed by atoms with Gasteiger partial charge in [-0.15, -0.1) is 0 Å². The van der Waals surface area contributed by atoms with E-state index in [0.29, 0.717) is 13.1 Å². The van der Waals surface area contributed by atoms with Gasteiger partial charge in [-0.3, -0.25) is 4.79 Å². The largest absolute Gasteiger partial charge is 0.444 e. The molecule has 6 nitrogen and oxygen atoms in total. The molecular weight excluding hydrogens is 258 g/mol. The molecule has 2 aliphatic heterocycles. The molecule has 0 aliphatic carbocycles. The average Bonchev–Trinajstić information content (AvgIpc) is 2.68. The van der Waals surface area contributed by atoms with Crippen molar-refractivity contribution in [2.75, 3.05) is 19.6 Å². The molecule has 1 atom stereocenters. The summed E-state index contributed by atoms with van der Waals surface area (Å²) in [7, 11) is 0. The number of piperidine rings is 1. The number of rotatable bonds is 1. The third-order valence-corrected chi connectivity index (χ3v) is 3.84. The molecule has 0 saturated carbocycles. The first-order valence-electron chi connectivity index (χ1n) is 7.32. The Bertz CT molecular complexity index is 384. The molecule has 0 aromatic rings. The van der Waals surface area contributed by atoms with Crippen LogP contribution in [0.5, 0.6) is 0 Å². The predicted octanol–water partition coefficient (Wildman–Crippen LogP) is 0.945. The second kappa shape index (κ2) is 5.60. The van der Waals surface area contributed by atoms with Gasteiger partial charge in [-0.2, -0.15) is 0 Å². The van der Waals surface area contributed by atoms with E-state index >= 15 is 0 Å². The van der Waals surface area contributed by atoms with E-state index in [1.165, 1.54) is 0 Å². The third-order valence-electron chi connectivity index (χ3n) is 3.84. The number of carbonyl (C=O) groups is 2. The number of likely N-dealkylation sites (tertiary alicyclic amines) is 2. The zero-order valence-corrected chi connectivity index (χ0v) is 12.6. The van der Waals surface area contributed by atoms with Crippen LogP contribution in [0.2, 0.25) is 0 Å². The fourth-order valence-corrected chi connectivity index (χ4v) is 2.77. The Labute approximate surface area is 120 Å². The number of hydrogen-bond acceptors (Lipinski definition) is 4. The Balaban J connectivity index is 1.84. The second-order valence-corrected chi connectivity index (χ2v) is 6.63. The van der Waals surface area contributed by atoms with E-state index in [9.17, 15) is 9.59 Å². The van der Waals surface area contributed by atoms with E-state index in [0.717, 1.165) is 25.8 Å². The first-order chi connectivity index (χ1) is 9.28. The summed E-state index contributed by atoms with van der Waals surface area (Å²) in [5, 5.41) is 0. The Morgan fingerprint density at radius 1 is 1.20 bits per heavy atom. The van der Waals surface area contributed by atoms with Gasteiger partial charge in [0.2, 0.25) is 5.91 Å². The fourth-order valence-electron chi connectivity index (χ4n) is 2.77. The van der Waals surface area contributed by atoms with Crippen molar-refractivity contribution in [2.24, 2.45) is 5.73 Å². The summed E-state index contributed by atoms with van der Waals surface area (Å²) in [6.07, 6.45) is 2.08. The van der Waals surface area contributed by atoms with E-state index in [1.807, 2.05) is 25.7 Å². The van der Waals surface area contributed by atoms with Gasteiger partial charge in [-0.1, -0.05) is 0 Å². The summed E-state index contributed by atoms with van der Waals surface area (Å²) in [5.41, 5.74) is 5.28. The molecular formula is C14H25N3O3. The van der Waals surface area contributed by atoms with Crippen LogP contribution in [0.15, 0.2) is 0 Å². The van der Waals surface area contributed by atoms with E-state index in [2.05, 4.69) is 0 Å². The van der Waals surface area contributed by atoms with Crippen LogP contribution in [0.4, 0.5) is 4.79 Å². The average molecular weight is 283 g/mol. The molecule has 2 N–H and O–H groups in total. The van der Waals surface area contributed by atoms with Crippen LogP contribution in [0.3, 0.4) is 0 Å². The summed E-state index contributed by atoms with van der Waals surface area (Å²) in [4.78, 5) is 27.5. The Kier molecular flexibility index (Phi) is 4.22. The minimum atomic E-state index is -0.467. The molecule has 6 heteroatoms. The zero-order chi connectivity index (χ0) is 14.9. The quantitative estimate of drug-likeness (QED) is 0.777. The highest BCUT2D eigenvalue weighted by Crippen LogP contribution is 2.22. The Morgan fingerprint density at radius 2 is 1.80 bits per heavy atom. The third kappa shape index (κ3) is 3.42. The topological polar surface area (TPSA) is 75.9 Å². The van der Waals surface area contributed by atoms with Crippen LogP contribution < -0.4 is 5.73 Å². The van der Waals surface area contributed by atoms with Gasteiger partial charge < -0.3 is 20.3 Å². The normalized spacial score (nSPS) is 25.2. The van der Waals surface area contributed by atoms with E-state index in [-0.39, 0.29) is 24.1 Å². The van der Waals surface area contributed by atoms with Gasteiger partial charge in [0, 0.05) is 25.7 Å². The fraction of sp³-hybridized carbons (Fsp3) is 0.857. The van der Waals surface area contributed by atoms with Gasteiger partial charge in [0.25, 0.3) is 0 Å².